The van der Waals surface area contributed by atoms with E-state index in [9.17, 15) is 4.39 Å². The van der Waals surface area contributed by atoms with Crippen molar-refractivity contribution in [2.24, 2.45) is 5.84 Å². The summed E-state index contributed by atoms with van der Waals surface area (Å²) in [4.78, 5) is 6.09. The third kappa shape index (κ3) is 2.75. The first-order chi connectivity index (χ1) is 8.70. The number of anilines is 2. The van der Waals surface area contributed by atoms with Crippen molar-refractivity contribution < 1.29 is 4.39 Å². The van der Waals surface area contributed by atoms with E-state index in [1.54, 1.807) is 29.2 Å². The van der Waals surface area contributed by atoms with Gasteiger partial charge in [0.15, 0.2) is 0 Å². The van der Waals surface area contributed by atoms with E-state index in [1.165, 1.54) is 6.07 Å². The molecule has 1 heterocycles. The average molecular weight is 246 g/mol. The molecule has 1 aromatic carbocycles. The Morgan fingerprint density at radius 2 is 2.00 bits per heavy atom. The summed E-state index contributed by atoms with van der Waals surface area (Å²) in [5, 5.41) is 0. The number of hydrazine groups is 1. The number of benzene rings is 1. The quantitative estimate of drug-likeness (QED) is 0.641. The van der Waals surface area contributed by atoms with Gasteiger partial charge in [-0.1, -0.05) is 18.2 Å². The molecular weight excluding hydrogens is 231 g/mol. The summed E-state index contributed by atoms with van der Waals surface area (Å²) < 4.78 is 13.6. The van der Waals surface area contributed by atoms with Gasteiger partial charge in [0, 0.05) is 7.05 Å². The van der Waals surface area contributed by atoms with Gasteiger partial charge in [0.2, 0.25) is 0 Å². The van der Waals surface area contributed by atoms with E-state index in [4.69, 9.17) is 5.84 Å². The molecule has 0 unspecified atom stereocenters. The van der Waals surface area contributed by atoms with Crippen LogP contribution >= 0.6 is 0 Å². The molecule has 2 rings (SSSR count). The Kier molecular flexibility index (Phi) is 3.74. The topological polar surface area (TPSA) is 54.2 Å². The predicted octanol–water partition coefficient (Wildman–Crippen LogP) is 2.14. The minimum atomic E-state index is -0.242. The van der Waals surface area contributed by atoms with Crippen LogP contribution in [-0.2, 0) is 6.54 Å². The second-order valence-electron chi connectivity index (χ2n) is 3.97. The van der Waals surface area contributed by atoms with Gasteiger partial charge in [-0.25, -0.2) is 15.2 Å². The molecule has 2 aromatic rings. The minimum absolute atomic E-state index is 0.242. The summed E-state index contributed by atoms with van der Waals surface area (Å²) in [6, 6.07) is 12.2. The molecule has 0 saturated heterocycles. The third-order valence-electron chi connectivity index (χ3n) is 2.62. The molecule has 0 spiro atoms. The smallest absolute Gasteiger partial charge is 0.146 e. The summed E-state index contributed by atoms with van der Waals surface area (Å²) in [6.45, 7) is 0.510. The molecule has 0 fully saturated rings. The Hall–Kier alpha value is -2.14. The van der Waals surface area contributed by atoms with Crippen molar-refractivity contribution >= 4 is 11.5 Å². The van der Waals surface area contributed by atoms with Gasteiger partial charge in [-0.15, -0.1) is 0 Å². The molecule has 0 aliphatic carbocycles. The van der Waals surface area contributed by atoms with Crippen LogP contribution in [0.4, 0.5) is 15.9 Å². The monoisotopic (exact) mass is 246 g/mol. The molecule has 0 aliphatic heterocycles. The van der Waals surface area contributed by atoms with Gasteiger partial charge in [0.25, 0.3) is 0 Å². The van der Waals surface area contributed by atoms with Crippen LogP contribution in [0.15, 0.2) is 42.5 Å². The molecule has 0 atom stereocenters. The summed E-state index contributed by atoms with van der Waals surface area (Å²) in [5.74, 6) is 5.65. The second-order valence-corrected chi connectivity index (χ2v) is 3.97. The first kappa shape index (κ1) is 12.3. The number of para-hydroxylation sites is 1. The lowest BCUT2D eigenvalue weighted by atomic mass is 10.2. The zero-order valence-electron chi connectivity index (χ0n) is 10.1. The van der Waals surface area contributed by atoms with Gasteiger partial charge in [-0.05, 0) is 24.3 Å². The lowest BCUT2D eigenvalue weighted by Gasteiger charge is -2.19. The number of pyridine rings is 1. The molecule has 3 N–H and O–H groups in total. The van der Waals surface area contributed by atoms with E-state index in [2.05, 4.69) is 10.4 Å². The van der Waals surface area contributed by atoms with Crippen molar-refractivity contribution in [1.29, 1.82) is 0 Å². The minimum Gasteiger partial charge on any atom is -0.366 e. The molecule has 5 heteroatoms. The Balaban J connectivity index is 2.16. The third-order valence-corrected chi connectivity index (χ3v) is 2.62. The number of halogens is 1. The molecule has 0 amide bonds. The largest absolute Gasteiger partial charge is 0.366 e. The van der Waals surface area contributed by atoms with E-state index >= 15 is 0 Å². The number of nitrogens with zero attached hydrogens (tertiary/aromatic N) is 2. The molecule has 4 nitrogen and oxygen atoms in total. The van der Waals surface area contributed by atoms with Gasteiger partial charge in [0.1, 0.15) is 11.6 Å². The van der Waals surface area contributed by atoms with Gasteiger partial charge in [0.05, 0.1) is 17.9 Å². The van der Waals surface area contributed by atoms with Gasteiger partial charge >= 0.3 is 0 Å². The summed E-state index contributed by atoms with van der Waals surface area (Å²) >= 11 is 0. The number of hydrogen-bond acceptors (Lipinski definition) is 4. The van der Waals surface area contributed by atoms with Crippen LogP contribution in [0.3, 0.4) is 0 Å². The fourth-order valence-corrected chi connectivity index (χ4v) is 1.74. The molecule has 18 heavy (non-hydrogen) atoms. The van der Waals surface area contributed by atoms with Crippen LogP contribution in [0, 0.1) is 5.82 Å². The highest BCUT2D eigenvalue weighted by atomic mass is 19.1. The van der Waals surface area contributed by atoms with Gasteiger partial charge in [-0.2, -0.15) is 0 Å². The van der Waals surface area contributed by atoms with Crippen molar-refractivity contribution in [3.63, 3.8) is 0 Å². The molecule has 0 aliphatic rings. The van der Waals surface area contributed by atoms with Crippen molar-refractivity contribution in [3.05, 3.63) is 54.0 Å². The van der Waals surface area contributed by atoms with Crippen molar-refractivity contribution in [1.82, 2.24) is 4.98 Å². The molecule has 1 aromatic heterocycles. The van der Waals surface area contributed by atoms with Crippen LogP contribution in [0.1, 0.15) is 5.69 Å². The SMILES string of the molecule is CN(Cc1cccc(NN)n1)c1ccccc1F. The Bertz CT molecular complexity index is 530. The maximum Gasteiger partial charge on any atom is 0.146 e. The highest BCUT2D eigenvalue weighted by molar-refractivity contribution is 5.47. The number of hydrogen-bond donors (Lipinski definition) is 2. The lowest BCUT2D eigenvalue weighted by Crippen LogP contribution is -2.19. The van der Waals surface area contributed by atoms with Crippen LogP contribution in [0.25, 0.3) is 0 Å². The van der Waals surface area contributed by atoms with Gasteiger partial charge in [-0.3, -0.25) is 0 Å². The number of aromatic nitrogens is 1. The van der Waals surface area contributed by atoms with Crippen LogP contribution in [-0.4, -0.2) is 12.0 Å². The number of nitrogen functional groups attached to an aromatic ring is 1. The molecule has 0 saturated carbocycles. The molecule has 0 bridgehead atoms. The van der Waals surface area contributed by atoms with E-state index < -0.39 is 0 Å². The van der Waals surface area contributed by atoms with E-state index in [-0.39, 0.29) is 5.82 Å². The number of nitrogens with one attached hydrogen (secondary N) is 1. The maximum absolute atomic E-state index is 13.6. The van der Waals surface area contributed by atoms with E-state index in [0.717, 1.165) is 5.69 Å². The predicted molar refractivity (Wildman–Crippen MR) is 70.6 cm³/mol. The van der Waals surface area contributed by atoms with Crippen molar-refractivity contribution in [2.75, 3.05) is 17.4 Å². The zero-order valence-corrected chi connectivity index (χ0v) is 10.1. The zero-order chi connectivity index (χ0) is 13.0. The molecule has 0 radical (unpaired) electrons. The standard InChI is InChI=1S/C13H15FN4/c1-18(12-7-3-2-6-11(12)14)9-10-5-4-8-13(16-10)17-15/h2-8H,9,15H2,1H3,(H,16,17). The van der Waals surface area contributed by atoms with E-state index in [0.29, 0.717) is 18.1 Å². The van der Waals surface area contributed by atoms with Crippen LogP contribution in [0.5, 0.6) is 0 Å². The van der Waals surface area contributed by atoms with Crippen molar-refractivity contribution in [3.8, 4) is 0 Å². The lowest BCUT2D eigenvalue weighted by molar-refractivity contribution is 0.622. The Morgan fingerprint density at radius 1 is 1.22 bits per heavy atom. The van der Waals surface area contributed by atoms with Crippen molar-refractivity contribution in [2.45, 2.75) is 6.54 Å². The van der Waals surface area contributed by atoms with Crippen LogP contribution < -0.4 is 16.2 Å². The van der Waals surface area contributed by atoms with Gasteiger partial charge < -0.3 is 10.3 Å². The Morgan fingerprint density at radius 3 is 2.72 bits per heavy atom. The first-order valence-electron chi connectivity index (χ1n) is 5.59. The first-order valence-corrected chi connectivity index (χ1v) is 5.59. The fraction of sp³-hybridized carbons (Fsp3) is 0.154. The average Bonchev–Trinajstić information content (AvgIpc) is 2.39. The second kappa shape index (κ2) is 5.46. The van der Waals surface area contributed by atoms with E-state index in [1.807, 2.05) is 19.2 Å². The summed E-state index contributed by atoms with van der Waals surface area (Å²) in [6.07, 6.45) is 0. The van der Waals surface area contributed by atoms with Crippen LogP contribution in [0.2, 0.25) is 0 Å². The number of nitrogens with two attached hydrogens (primary N) is 1. The normalized spacial score (nSPS) is 10.2. The molecule has 94 valence electrons. The fourth-order valence-electron chi connectivity index (χ4n) is 1.74. The summed E-state index contributed by atoms with van der Waals surface area (Å²) in [5.41, 5.74) is 3.85. The molecular formula is C13H15FN4. The summed E-state index contributed by atoms with van der Waals surface area (Å²) in [7, 11) is 1.82. The number of rotatable bonds is 4. The highest BCUT2D eigenvalue weighted by Gasteiger charge is 2.07. The maximum atomic E-state index is 13.6. The Labute approximate surface area is 105 Å². The highest BCUT2D eigenvalue weighted by Crippen LogP contribution is 2.18.